The lowest BCUT2D eigenvalue weighted by atomic mass is 10.2. The van der Waals surface area contributed by atoms with Crippen LogP contribution in [0.4, 0.5) is 0 Å². The van der Waals surface area contributed by atoms with Gasteiger partial charge in [0.2, 0.25) is 0 Å². The zero-order valence-corrected chi connectivity index (χ0v) is 21.2. The molecule has 0 unspecified atom stereocenters. The average Bonchev–Trinajstić information content (AvgIpc) is 2.70. The number of aliphatic imine (C=N–C) groups is 1. The topological polar surface area (TPSA) is 71.0 Å². The van der Waals surface area contributed by atoms with Crippen LogP contribution < -0.4 is 10.1 Å². The minimum atomic E-state index is -3.13. The molecule has 6 nitrogen and oxygen atoms in total. The highest BCUT2D eigenvalue weighted by atomic mass is 127. The van der Waals surface area contributed by atoms with Crippen molar-refractivity contribution in [1.29, 1.82) is 0 Å². The molecular weight excluding hydrogens is 537 g/mol. The minimum absolute atomic E-state index is 0. The molecule has 0 aromatic heterocycles. The predicted octanol–water partition coefficient (Wildman–Crippen LogP) is 3.85. The third kappa shape index (κ3) is 9.99. The number of hydrogen-bond acceptors (Lipinski definition) is 4. The van der Waals surface area contributed by atoms with Crippen molar-refractivity contribution in [1.82, 2.24) is 10.2 Å². The van der Waals surface area contributed by atoms with E-state index >= 15 is 0 Å². The third-order valence-corrected chi connectivity index (χ3v) is 6.16. The number of halogens is 2. The van der Waals surface area contributed by atoms with Crippen LogP contribution in [0.5, 0.6) is 5.75 Å². The van der Waals surface area contributed by atoms with Crippen molar-refractivity contribution in [3.05, 3.63) is 65.2 Å². The molecule has 0 aliphatic rings. The van der Waals surface area contributed by atoms with E-state index in [1.165, 1.54) is 0 Å². The molecule has 0 aliphatic heterocycles. The normalized spacial score (nSPS) is 11.5. The molecule has 2 rings (SSSR count). The Labute approximate surface area is 201 Å². The van der Waals surface area contributed by atoms with E-state index in [4.69, 9.17) is 16.3 Å². The van der Waals surface area contributed by atoms with Gasteiger partial charge < -0.3 is 15.0 Å². The molecule has 0 atom stereocenters. The summed E-state index contributed by atoms with van der Waals surface area (Å²) in [7, 11) is 0.479. The van der Waals surface area contributed by atoms with Gasteiger partial charge in [-0.05, 0) is 36.2 Å². The van der Waals surface area contributed by atoms with Crippen LogP contribution in [-0.2, 0) is 15.6 Å². The van der Waals surface area contributed by atoms with E-state index in [0.717, 1.165) is 11.3 Å². The van der Waals surface area contributed by atoms with Crippen molar-refractivity contribution >= 4 is 51.4 Å². The highest BCUT2D eigenvalue weighted by Crippen LogP contribution is 2.15. The first-order valence-electron chi connectivity index (χ1n) is 9.44. The highest BCUT2D eigenvalue weighted by molar-refractivity contribution is 14.0. The van der Waals surface area contributed by atoms with E-state index in [1.54, 1.807) is 19.2 Å². The number of benzene rings is 2. The van der Waals surface area contributed by atoms with Crippen LogP contribution in [0.15, 0.2) is 59.6 Å². The van der Waals surface area contributed by atoms with Crippen LogP contribution in [0.3, 0.4) is 0 Å². The van der Waals surface area contributed by atoms with Gasteiger partial charge in [-0.1, -0.05) is 41.9 Å². The van der Waals surface area contributed by atoms with Crippen LogP contribution in [0, 0.1) is 0 Å². The van der Waals surface area contributed by atoms with Gasteiger partial charge in [0.05, 0.1) is 18.1 Å². The standard InChI is InChI=1S/C21H28ClN3O3S.HI/c1-23-21(25(2)14-15-28-20-11-9-19(22)10-12-20)24-13-6-16-29(26,27)17-18-7-4-3-5-8-18;/h3-5,7-12H,6,13-17H2,1-2H3,(H,23,24);1H. The van der Waals surface area contributed by atoms with Crippen LogP contribution >= 0.6 is 35.6 Å². The molecule has 0 amide bonds. The molecule has 0 saturated carbocycles. The summed E-state index contributed by atoms with van der Waals surface area (Å²) in [5.74, 6) is 1.67. The monoisotopic (exact) mass is 565 g/mol. The molecule has 0 spiro atoms. The van der Waals surface area contributed by atoms with Gasteiger partial charge in [-0.25, -0.2) is 8.42 Å². The summed E-state index contributed by atoms with van der Waals surface area (Å²) in [6.45, 7) is 1.65. The Hall–Kier alpha value is -1.52. The van der Waals surface area contributed by atoms with Crippen molar-refractivity contribution in [2.45, 2.75) is 12.2 Å². The Morgan fingerprint density at radius 3 is 2.43 bits per heavy atom. The van der Waals surface area contributed by atoms with E-state index < -0.39 is 9.84 Å². The molecule has 2 aromatic rings. The summed E-state index contributed by atoms with van der Waals surface area (Å²) >= 11 is 5.86. The molecular formula is C21H29ClIN3O3S. The van der Waals surface area contributed by atoms with E-state index in [1.807, 2.05) is 54.4 Å². The number of sulfone groups is 1. The van der Waals surface area contributed by atoms with E-state index in [-0.39, 0.29) is 35.5 Å². The molecule has 30 heavy (non-hydrogen) atoms. The molecule has 9 heteroatoms. The number of nitrogens with zero attached hydrogens (tertiary/aromatic N) is 2. The van der Waals surface area contributed by atoms with E-state index in [2.05, 4.69) is 10.3 Å². The van der Waals surface area contributed by atoms with Gasteiger partial charge in [0.1, 0.15) is 12.4 Å². The number of likely N-dealkylation sites (N-methyl/N-ethyl adjacent to an activating group) is 1. The number of nitrogens with one attached hydrogen (secondary N) is 1. The Morgan fingerprint density at radius 1 is 1.13 bits per heavy atom. The molecule has 0 aliphatic carbocycles. The van der Waals surface area contributed by atoms with Gasteiger partial charge in [-0.3, -0.25) is 4.99 Å². The predicted molar refractivity (Wildman–Crippen MR) is 135 cm³/mol. The lowest BCUT2D eigenvalue weighted by Gasteiger charge is -2.22. The van der Waals surface area contributed by atoms with Crippen molar-refractivity contribution in [3.63, 3.8) is 0 Å². The maximum absolute atomic E-state index is 12.3. The summed E-state index contributed by atoms with van der Waals surface area (Å²) in [4.78, 5) is 6.17. The lowest BCUT2D eigenvalue weighted by molar-refractivity contribution is 0.281. The molecule has 0 saturated heterocycles. The summed E-state index contributed by atoms with van der Waals surface area (Å²) < 4.78 is 30.2. The van der Waals surface area contributed by atoms with Gasteiger partial charge in [0, 0.05) is 25.7 Å². The van der Waals surface area contributed by atoms with Crippen LogP contribution in [0.25, 0.3) is 0 Å². The van der Waals surface area contributed by atoms with Gasteiger partial charge in [-0.2, -0.15) is 0 Å². The first-order valence-corrected chi connectivity index (χ1v) is 11.6. The second-order valence-electron chi connectivity index (χ2n) is 6.63. The molecule has 0 bridgehead atoms. The summed E-state index contributed by atoms with van der Waals surface area (Å²) in [6.07, 6.45) is 0.517. The van der Waals surface area contributed by atoms with Crippen molar-refractivity contribution in [2.75, 3.05) is 39.5 Å². The van der Waals surface area contributed by atoms with Gasteiger partial charge >= 0.3 is 0 Å². The lowest BCUT2D eigenvalue weighted by Crippen LogP contribution is -2.41. The molecule has 0 heterocycles. The minimum Gasteiger partial charge on any atom is -0.492 e. The average molecular weight is 566 g/mol. The first kappa shape index (κ1) is 26.5. The summed E-state index contributed by atoms with van der Waals surface area (Å²) in [5.41, 5.74) is 0.816. The number of ether oxygens (including phenoxy) is 1. The largest absolute Gasteiger partial charge is 0.492 e. The summed E-state index contributed by atoms with van der Waals surface area (Å²) in [5, 5.41) is 3.87. The molecule has 166 valence electrons. The van der Waals surface area contributed by atoms with Crippen molar-refractivity contribution < 1.29 is 13.2 Å². The fraction of sp³-hybridized carbons (Fsp3) is 0.381. The smallest absolute Gasteiger partial charge is 0.193 e. The van der Waals surface area contributed by atoms with E-state index in [0.29, 0.717) is 37.1 Å². The zero-order valence-electron chi connectivity index (χ0n) is 17.3. The number of guanidine groups is 1. The van der Waals surface area contributed by atoms with Gasteiger partial charge in [0.15, 0.2) is 15.8 Å². The molecule has 1 N–H and O–H groups in total. The Bertz CT molecular complexity index is 878. The fourth-order valence-electron chi connectivity index (χ4n) is 2.71. The maximum Gasteiger partial charge on any atom is 0.193 e. The zero-order chi connectivity index (χ0) is 21.1. The van der Waals surface area contributed by atoms with Gasteiger partial charge in [0.25, 0.3) is 0 Å². The maximum atomic E-state index is 12.3. The third-order valence-electron chi connectivity index (χ3n) is 4.23. The van der Waals surface area contributed by atoms with Crippen LogP contribution in [0.1, 0.15) is 12.0 Å². The number of hydrogen-bond donors (Lipinski definition) is 1. The first-order chi connectivity index (χ1) is 13.9. The second kappa shape index (κ2) is 13.7. The second-order valence-corrected chi connectivity index (χ2v) is 9.25. The van der Waals surface area contributed by atoms with Crippen molar-refractivity contribution in [2.24, 2.45) is 4.99 Å². The Kier molecular flexibility index (Phi) is 12.1. The van der Waals surface area contributed by atoms with Gasteiger partial charge in [-0.15, -0.1) is 24.0 Å². The van der Waals surface area contributed by atoms with E-state index in [9.17, 15) is 8.42 Å². The Balaban J connectivity index is 0.00000450. The SMILES string of the molecule is CN=C(NCCCS(=O)(=O)Cc1ccccc1)N(C)CCOc1ccc(Cl)cc1.I. The highest BCUT2D eigenvalue weighted by Gasteiger charge is 2.12. The fourth-order valence-corrected chi connectivity index (χ4v) is 4.27. The van der Waals surface area contributed by atoms with Crippen LogP contribution in [-0.4, -0.2) is 58.8 Å². The molecule has 0 fully saturated rings. The summed E-state index contributed by atoms with van der Waals surface area (Å²) in [6, 6.07) is 16.5. The van der Waals surface area contributed by atoms with Crippen LogP contribution in [0.2, 0.25) is 5.02 Å². The number of rotatable bonds is 10. The molecule has 0 radical (unpaired) electrons. The van der Waals surface area contributed by atoms with Crippen molar-refractivity contribution in [3.8, 4) is 5.75 Å². The molecule has 2 aromatic carbocycles. The quantitative estimate of drug-likeness (QED) is 0.205. The Morgan fingerprint density at radius 2 is 1.80 bits per heavy atom.